The van der Waals surface area contributed by atoms with Crippen molar-refractivity contribution in [2.45, 2.75) is 25.9 Å². The van der Waals surface area contributed by atoms with E-state index in [0.717, 1.165) is 5.56 Å². The molecule has 6 nitrogen and oxygen atoms in total. The van der Waals surface area contributed by atoms with Gasteiger partial charge in [0.15, 0.2) is 5.78 Å². The van der Waals surface area contributed by atoms with Crippen LogP contribution < -0.4 is 10.6 Å². The Balaban J connectivity index is 1.73. The van der Waals surface area contributed by atoms with E-state index in [1.54, 1.807) is 22.3 Å². The molecular weight excluding hydrogens is 363 g/mol. The van der Waals surface area contributed by atoms with Crippen LogP contribution in [0.25, 0.3) is 0 Å². The fraction of sp³-hybridized carbons (Fsp3) is 0.500. The van der Waals surface area contributed by atoms with Gasteiger partial charge >= 0.3 is 12.2 Å². The topological polar surface area (TPSA) is 78.5 Å². The first kappa shape index (κ1) is 20.9. The van der Waals surface area contributed by atoms with Crippen molar-refractivity contribution in [2.24, 2.45) is 5.92 Å². The summed E-state index contributed by atoms with van der Waals surface area (Å²) in [6.07, 6.45) is -3.37. The number of ketones is 1. The van der Waals surface area contributed by atoms with Gasteiger partial charge < -0.3 is 5.32 Å². The van der Waals surface area contributed by atoms with Gasteiger partial charge in [0.05, 0.1) is 6.54 Å². The smallest absolute Gasteiger partial charge is 0.329 e. The van der Waals surface area contributed by atoms with Gasteiger partial charge in [-0.05, 0) is 32.9 Å². The van der Waals surface area contributed by atoms with Gasteiger partial charge in [-0.25, -0.2) is 4.79 Å². The predicted molar refractivity (Wildman–Crippen MR) is 92.3 cm³/mol. The van der Waals surface area contributed by atoms with Crippen LogP contribution in [0.1, 0.15) is 28.8 Å². The molecule has 1 aliphatic rings. The second kappa shape index (κ2) is 8.98. The van der Waals surface area contributed by atoms with Gasteiger partial charge in [0.1, 0.15) is 6.54 Å². The van der Waals surface area contributed by atoms with E-state index in [-0.39, 0.29) is 18.2 Å². The quantitative estimate of drug-likeness (QED) is 0.763. The highest BCUT2D eigenvalue weighted by molar-refractivity contribution is 5.98. The molecule has 0 bridgehead atoms. The van der Waals surface area contributed by atoms with E-state index in [1.807, 2.05) is 24.4 Å². The van der Waals surface area contributed by atoms with Crippen LogP contribution in [0.3, 0.4) is 0 Å². The van der Waals surface area contributed by atoms with Gasteiger partial charge in [0.2, 0.25) is 5.91 Å². The number of piperidine rings is 1. The molecule has 0 aliphatic carbocycles. The first-order valence-corrected chi connectivity index (χ1v) is 8.62. The number of halogens is 3. The molecular formula is C18H22F3N3O3. The standard InChI is InChI=1S/C18H22F3N3O3/c1-12-2-4-13(5-3-12)16(26)14-6-8-24(9-7-14)10-15(25)23-17(27)22-11-18(19,20)21/h2-5,14H,6-11H2,1H3,(H2,22,23,25,27). The molecule has 9 heteroatoms. The zero-order valence-corrected chi connectivity index (χ0v) is 14.9. The van der Waals surface area contributed by atoms with Crippen LogP contribution in [0, 0.1) is 12.8 Å². The summed E-state index contributed by atoms with van der Waals surface area (Å²) >= 11 is 0. The summed E-state index contributed by atoms with van der Waals surface area (Å²) in [5.41, 5.74) is 1.74. The minimum Gasteiger partial charge on any atom is -0.329 e. The zero-order chi connectivity index (χ0) is 20.0. The van der Waals surface area contributed by atoms with Gasteiger partial charge in [-0.1, -0.05) is 29.8 Å². The third-order valence-corrected chi connectivity index (χ3v) is 4.36. The molecule has 0 unspecified atom stereocenters. The van der Waals surface area contributed by atoms with Crippen molar-refractivity contribution in [3.05, 3.63) is 35.4 Å². The zero-order valence-electron chi connectivity index (χ0n) is 14.9. The second-order valence-corrected chi connectivity index (χ2v) is 6.63. The number of alkyl halides is 3. The van der Waals surface area contributed by atoms with E-state index in [2.05, 4.69) is 0 Å². The van der Waals surface area contributed by atoms with E-state index in [9.17, 15) is 27.6 Å². The fourth-order valence-electron chi connectivity index (χ4n) is 2.90. The number of carbonyl (C=O) groups is 3. The second-order valence-electron chi connectivity index (χ2n) is 6.63. The van der Waals surface area contributed by atoms with Crippen LogP contribution in [-0.4, -0.2) is 55.0 Å². The van der Waals surface area contributed by atoms with Gasteiger partial charge in [0.25, 0.3) is 0 Å². The van der Waals surface area contributed by atoms with Crippen molar-refractivity contribution in [2.75, 3.05) is 26.2 Å². The number of likely N-dealkylation sites (tertiary alicyclic amines) is 1. The third kappa shape index (κ3) is 7.01. The maximum absolute atomic E-state index is 12.5. The molecule has 0 spiro atoms. The van der Waals surface area contributed by atoms with Crippen molar-refractivity contribution >= 4 is 17.7 Å². The highest BCUT2D eigenvalue weighted by Gasteiger charge is 2.29. The summed E-state index contributed by atoms with van der Waals surface area (Å²) in [4.78, 5) is 37.3. The minimum atomic E-state index is -4.54. The number of imide groups is 1. The number of aryl methyl sites for hydroxylation is 1. The van der Waals surface area contributed by atoms with Crippen molar-refractivity contribution < 1.29 is 27.6 Å². The Labute approximate surface area is 155 Å². The average molecular weight is 385 g/mol. The Hall–Kier alpha value is -2.42. The molecule has 0 aromatic heterocycles. The lowest BCUT2D eigenvalue weighted by molar-refractivity contribution is -0.125. The maximum Gasteiger partial charge on any atom is 0.405 e. The molecule has 1 aliphatic heterocycles. The lowest BCUT2D eigenvalue weighted by Gasteiger charge is -2.30. The van der Waals surface area contributed by atoms with Crippen molar-refractivity contribution in [1.29, 1.82) is 0 Å². The van der Waals surface area contributed by atoms with E-state index < -0.39 is 24.7 Å². The molecule has 1 fully saturated rings. The fourth-order valence-corrected chi connectivity index (χ4v) is 2.90. The van der Waals surface area contributed by atoms with Crippen molar-refractivity contribution in [3.8, 4) is 0 Å². The van der Waals surface area contributed by atoms with Crippen LogP contribution >= 0.6 is 0 Å². The van der Waals surface area contributed by atoms with E-state index in [0.29, 0.717) is 31.5 Å². The first-order chi connectivity index (χ1) is 12.6. The largest absolute Gasteiger partial charge is 0.405 e. The summed E-state index contributed by atoms with van der Waals surface area (Å²) < 4.78 is 36.0. The molecule has 0 saturated carbocycles. The summed E-state index contributed by atoms with van der Waals surface area (Å²) in [5, 5.41) is 3.44. The number of nitrogens with one attached hydrogen (secondary N) is 2. The Kier molecular flexibility index (Phi) is 6.95. The summed E-state index contributed by atoms with van der Waals surface area (Å²) in [7, 11) is 0. The SMILES string of the molecule is Cc1ccc(C(=O)C2CCN(CC(=O)NC(=O)NCC(F)(F)F)CC2)cc1. The third-order valence-electron chi connectivity index (χ3n) is 4.36. The Morgan fingerprint density at radius 1 is 1.11 bits per heavy atom. The van der Waals surface area contributed by atoms with Crippen LogP contribution in [0.15, 0.2) is 24.3 Å². The van der Waals surface area contributed by atoms with Gasteiger partial charge in [0, 0.05) is 11.5 Å². The first-order valence-electron chi connectivity index (χ1n) is 8.62. The molecule has 1 saturated heterocycles. The molecule has 27 heavy (non-hydrogen) atoms. The normalized spacial score (nSPS) is 16.0. The lowest BCUT2D eigenvalue weighted by Crippen LogP contribution is -2.48. The molecule has 2 rings (SSSR count). The molecule has 2 N–H and O–H groups in total. The molecule has 148 valence electrons. The van der Waals surface area contributed by atoms with Gasteiger partial charge in [-0.15, -0.1) is 0 Å². The molecule has 3 amide bonds. The van der Waals surface area contributed by atoms with Crippen molar-refractivity contribution in [3.63, 3.8) is 0 Å². The predicted octanol–water partition coefficient (Wildman–Crippen LogP) is 2.28. The molecule has 0 atom stereocenters. The Morgan fingerprint density at radius 2 is 1.70 bits per heavy atom. The number of rotatable bonds is 5. The minimum absolute atomic E-state index is 0.0747. The van der Waals surface area contributed by atoms with Crippen LogP contribution in [-0.2, 0) is 4.79 Å². The number of amides is 3. The monoisotopic (exact) mass is 385 g/mol. The molecule has 1 aromatic rings. The Morgan fingerprint density at radius 3 is 2.26 bits per heavy atom. The van der Waals surface area contributed by atoms with Gasteiger partial charge in [-0.3, -0.25) is 19.8 Å². The van der Waals surface area contributed by atoms with Crippen LogP contribution in [0.5, 0.6) is 0 Å². The van der Waals surface area contributed by atoms with E-state index in [4.69, 9.17) is 0 Å². The number of nitrogens with zero attached hydrogens (tertiary/aromatic N) is 1. The molecule has 1 aromatic carbocycles. The number of Topliss-reactive ketones (excluding diaryl/α,β-unsaturated/α-hetero) is 1. The number of hydrogen-bond acceptors (Lipinski definition) is 4. The van der Waals surface area contributed by atoms with E-state index in [1.165, 1.54) is 0 Å². The maximum atomic E-state index is 12.5. The van der Waals surface area contributed by atoms with Crippen molar-refractivity contribution in [1.82, 2.24) is 15.5 Å². The van der Waals surface area contributed by atoms with E-state index >= 15 is 0 Å². The molecule has 0 radical (unpaired) electrons. The molecule has 1 heterocycles. The summed E-state index contributed by atoms with van der Waals surface area (Å²) in [5.74, 6) is -0.731. The number of urea groups is 1. The Bertz CT molecular complexity index is 681. The number of carbonyl (C=O) groups excluding carboxylic acids is 3. The number of benzene rings is 1. The van der Waals surface area contributed by atoms with Crippen LogP contribution in [0.2, 0.25) is 0 Å². The van der Waals surface area contributed by atoms with Gasteiger partial charge in [-0.2, -0.15) is 13.2 Å². The highest BCUT2D eigenvalue weighted by Crippen LogP contribution is 2.22. The summed E-state index contributed by atoms with van der Waals surface area (Å²) in [6, 6.07) is 6.20. The number of hydrogen-bond donors (Lipinski definition) is 2. The highest BCUT2D eigenvalue weighted by atomic mass is 19.4. The average Bonchev–Trinajstić information content (AvgIpc) is 2.60. The van der Waals surface area contributed by atoms with Crippen LogP contribution in [0.4, 0.5) is 18.0 Å². The summed E-state index contributed by atoms with van der Waals surface area (Å²) in [6.45, 7) is 1.34. The lowest BCUT2D eigenvalue weighted by atomic mass is 9.88.